The van der Waals surface area contributed by atoms with Gasteiger partial charge < -0.3 is 9.73 Å². The summed E-state index contributed by atoms with van der Waals surface area (Å²) in [4.78, 5) is 28.4. The number of fused-ring (bicyclic) bond motifs is 1. The van der Waals surface area contributed by atoms with Crippen LogP contribution in [0.3, 0.4) is 0 Å². The summed E-state index contributed by atoms with van der Waals surface area (Å²) < 4.78 is 5.21. The van der Waals surface area contributed by atoms with E-state index < -0.39 is 5.63 Å². The second-order valence-corrected chi connectivity index (χ2v) is 6.68. The van der Waals surface area contributed by atoms with Gasteiger partial charge in [-0.15, -0.1) is 11.3 Å². The molecule has 4 aromatic rings. The molecule has 0 saturated heterocycles. The molecule has 0 aliphatic carbocycles. The summed E-state index contributed by atoms with van der Waals surface area (Å²) in [7, 11) is 0. The van der Waals surface area contributed by atoms with Crippen molar-refractivity contribution in [2.45, 2.75) is 6.92 Å². The first kappa shape index (κ1) is 16.2. The van der Waals surface area contributed by atoms with Crippen LogP contribution in [0.25, 0.3) is 21.5 Å². The molecule has 1 N–H and O–H groups in total. The summed E-state index contributed by atoms with van der Waals surface area (Å²) in [6.45, 7) is 1.85. The van der Waals surface area contributed by atoms with Gasteiger partial charge in [0.05, 0.1) is 0 Å². The monoisotopic (exact) mass is 362 g/mol. The van der Waals surface area contributed by atoms with Crippen molar-refractivity contribution in [1.82, 2.24) is 4.98 Å². The van der Waals surface area contributed by atoms with Crippen LogP contribution in [0.1, 0.15) is 16.1 Å². The van der Waals surface area contributed by atoms with Gasteiger partial charge >= 0.3 is 5.63 Å². The fourth-order valence-electron chi connectivity index (χ4n) is 2.69. The lowest BCUT2D eigenvalue weighted by Crippen LogP contribution is -2.12. The molecule has 0 fully saturated rings. The van der Waals surface area contributed by atoms with Crippen LogP contribution in [0.4, 0.5) is 5.69 Å². The van der Waals surface area contributed by atoms with E-state index in [1.165, 1.54) is 17.4 Å². The third-order valence-corrected chi connectivity index (χ3v) is 4.86. The minimum absolute atomic E-state index is 0.308. The summed E-state index contributed by atoms with van der Waals surface area (Å²) in [6, 6.07) is 16.4. The Bertz CT molecular complexity index is 1160. The van der Waals surface area contributed by atoms with Gasteiger partial charge in [0.1, 0.15) is 16.3 Å². The molecule has 0 aliphatic rings. The molecule has 1 amide bonds. The second kappa shape index (κ2) is 6.57. The number of rotatable bonds is 3. The first-order valence-electron chi connectivity index (χ1n) is 7.97. The third-order valence-electron chi connectivity index (χ3n) is 3.97. The molecule has 0 unspecified atom stereocenters. The van der Waals surface area contributed by atoms with E-state index in [1.807, 2.05) is 43.3 Å². The molecule has 5 nitrogen and oxygen atoms in total. The maximum Gasteiger partial charge on any atom is 0.336 e. The Hall–Kier alpha value is -3.25. The lowest BCUT2D eigenvalue weighted by molar-refractivity contribution is 0.102. The predicted octanol–water partition coefficient (Wildman–Crippen LogP) is 4.48. The number of nitrogens with zero attached hydrogens (tertiary/aromatic N) is 1. The number of aromatic nitrogens is 1. The quantitative estimate of drug-likeness (QED) is 0.546. The van der Waals surface area contributed by atoms with Crippen molar-refractivity contribution in [3.63, 3.8) is 0 Å². The summed E-state index contributed by atoms with van der Waals surface area (Å²) in [5.74, 6) is -0.308. The molecular weight excluding hydrogens is 348 g/mol. The minimum Gasteiger partial charge on any atom is -0.423 e. The molecule has 0 aliphatic heterocycles. The van der Waals surface area contributed by atoms with E-state index in [9.17, 15) is 9.59 Å². The first-order valence-corrected chi connectivity index (χ1v) is 8.85. The van der Waals surface area contributed by atoms with Crippen LogP contribution in [0.2, 0.25) is 0 Å². The van der Waals surface area contributed by atoms with Gasteiger partial charge in [-0.3, -0.25) is 4.79 Å². The average Bonchev–Trinajstić information content (AvgIpc) is 3.12. The van der Waals surface area contributed by atoms with E-state index in [2.05, 4.69) is 10.3 Å². The highest BCUT2D eigenvalue weighted by Gasteiger charge is 2.13. The Labute approximate surface area is 152 Å². The van der Waals surface area contributed by atoms with E-state index in [4.69, 9.17) is 4.42 Å². The van der Waals surface area contributed by atoms with Crippen molar-refractivity contribution in [1.29, 1.82) is 0 Å². The average molecular weight is 362 g/mol. The molecule has 0 saturated carbocycles. The Kier molecular flexibility index (Phi) is 4.10. The van der Waals surface area contributed by atoms with Crippen LogP contribution in [0, 0.1) is 6.92 Å². The molecule has 0 radical (unpaired) electrons. The molecule has 6 heteroatoms. The normalized spacial score (nSPS) is 10.8. The van der Waals surface area contributed by atoms with E-state index >= 15 is 0 Å². The summed E-state index contributed by atoms with van der Waals surface area (Å²) in [6.07, 6.45) is 0. The largest absolute Gasteiger partial charge is 0.423 e. The standard InChI is InChI=1S/C20H14N2O3S/c1-12-9-18(23)25-17-10-14(7-8-15(12)17)21-19(24)16-11-26-20(22-16)13-5-3-2-4-6-13/h2-11H,1H3,(H,21,24). The molecule has 2 heterocycles. The predicted molar refractivity (Wildman–Crippen MR) is 103 cm³/mol. The van der Waals surface area contributed by atoms with Crippen LogP contribution in [0.15, 0.2) is 69.2 Å². The van der Waals surface area contributed by atoms with Gasteiger partial charge in [-0.05, 0) is 24.6 Å². The van der Waals surface area contributed by atoms with E-state index in [1.54, 1.807) is 17.5 Å². The van der Waals surface area contributed by atoms with Crippen molar-refractivity contribution in [2.24, 2.45) is 0 Å². The highest BCUT2D eigenvalue weighted by atomic mass is 32.1. The Morgan fingerprint density at radius 2 is 1.92 bits per heavy atom. The van der Waals surface area contributed by atoms with Crippen molar-refractivity contribution >= 4 is 33.9 Å². The number of carbonyl (C=O) groups excluding carboxylic acids is 1. The van der Waals surface area contributed by atoms with Gasteiger partial charge in [0.15, 0.2) is 0 Å². The molecular formula is C20H14N2O3S. The van der Waals surface area contributed by atoms with Gasteiger partial charge in [0.2, 0.25) is 0 Å². The van der Waals surface area contributed by atoms with Crippen molar-refractivity contribution in [3.05, 3.63) is 81.7 Å². The van der Waals surface area contributed by atoms with Gasteiger partial charge in [-0.1, -0.05) is 30.3 Å². The molecule has 2 aromatic carbocycles. The summed E-state index contributed by atoms with van der Waals surface area (Å²) >= 11 is 1.42. The Balaban J connectivity index is 1.60. The number of carbonyl (C=O) groups is 1. The Morgan fingerprint density at radius 3 is 2.73 bits per heavy atom. The third kappa shape index (κ3) is 3.14. The fourth-order valence-corrected chi connectivity index (χ4v) is 3.50. The van der Waals surface area contributed by atoms with Crippen molar-refractivity contribution in [2.75, 3.05) is 5.32 Å². The van der Waals surface area contributed by atoms with Crippen LogP contribution >= 0.6 is 11.3 Å². The first-order chi connectivity index (χ1) is 12.6. The zero-order valence-corrected chi connectivity index (χ0v) is 14.7. The topological polar surface area (TPSA) is 72.2 Å². The number of thiazole rings is 1. The number of amides is 1. The highest BCUT2D eigenvalue weighted by Crippen LogP contribution is 2.25. The maximum atomic E-state index is 12.5. The number of nitrogens with one attached hydrogen (secondary N) is 1. The van der Waals surface area contributed by atoms with Crippen molar-refractivity contribution < 1.29 is 9.21 Å². The smallest absolute Gasteiger partial charge is 0.336 e. The Morgan fingerprint density at radius 1 is 1.12 bits per heavy atom. The van der Waals surface area contributed by atoms with E-state index in [-0.39, 0.29) is 5.91 Å². The minimum atomic E-state index is -0.412. The number of anilines is 1. The SMILES string of the molecule is Cc1cc(=O)oc2cc(NC(=O)c3csc(-c4ccccc4)n3)ccc12. The lowest BCUT2D eigenvalue weighted by atomic mass is 10.1. The van der Waals surface area contributed by atoms with Crippen LogP contribution in [-0.2, 0) is 0 Å². The van der Waals surface area contributed by atoms with Crippen molar-refractivity contribution in [3.8, 4) is 10.6 Å². The maximum absolute atomic E-state index is 12.5. The van der Waals surface area contributed by atoms with Crippen LogP contribution in [0.5, 0.6) is 0 Å². The lowest BCUT2D eigenvalue weighted by Gasteiger charge is -2.05. The summed E-state index contributed by atoms with van der Waals surface area (Å²) in [5.41, 5.74) is 2.73. The molecule has 2 aromatic heterocycles. The molecule has 0 atom stereocenters. The van der Waals surface area contributed by atoms with Gasteiger partial charge in [-0.25, -0.2) is 9.78 Å². The number of hydrogen-bond donors (Lipinski definition) is 1. The summed E-state index contributed by atoms with van der Waals surface area (Å²) in [5, 5.41) is 6.15. The second-order valence-electron chi connectivity index (χ2n) is 5.82. The highest BCUT2D eigenvalue weighted by molar-refractivity contribution is 7.13. The molecule has 0 bridgehead atoms. The van der Waals surface area contributed by atoms with Gasteiger partial charge in [-0.2, -0.15) is 0 Å². The van der Waals surface area contributed by atoms with Gasteiger partial charge in [0, 0.05) is 34.1 Å². The zero-order chi connectivity index (χ0) is 18.1. The fraction of sp³-hybridized carbons (Fsp3) is 0.0500. The number of benzene rings is 2. The molecule has 26 heavy (non-hydrogen) atoms. The molecule has 4 rings (SSSR count). The molecule has 128 valence electrons. The van der Waals surface area contributed by atoms with E-state index in [0.717, 1.165) is 21.5 Å². The number of hydrogen-bond acceptors (Lipinski definition) is 5. The molecule has 0 spiro atoms. The van der Waals surface area contributed by atoms with Gasteiger partial charge in [0.25, 0.3) is 5.91 Å². The van der Waals surface area contributed by atoms with Crippen LogP contribution in [-0.4, -0.2) is 10.9 Å². The van der Waals surface area contributed by atoms with Crippen LogP contribution < -0.4 is 10.9 Å². The van der Waals surface area contributed by atoms with E-state index in [0.29, 0.717) is 17.0 Å². The number of aryl methyl sites for hydroxylation is 1. The zero-order valence-electron chi connectivity index (χ0n) is 13.9.